The Morgan fingerprint density at radius 3 is 2.71 bits per heavy atom. The van der Waals surface area contributed by atoms with Gasteiger partial charge in [-0.2, -0.15) is 0 Å². The van der Waals surface area contributed by atoms with Crippen molar-refractivity contribution in [3.05, 3.63) is 23.8 Å². The van der Waals surface area contributed by atoms with E-state index in [1.807, 2.05) is 6.07 Å². The second-order valence-electron chi connectivity index (χ2n) is 5.72. The summed E-state index contributed by atoms with van der Waals surface area (Å²) in [5.41, 5.74) is 0.236. The minimum Gasteiger partial charge on any atom is -0.454 e. The molecule has 0 bridgehead atoms. The maximum atomic E-state index is 12.1. The van der Waals surface area contributed by atoms with Crippen LogP contribution in [0.4, 0.5) is 4.79 Å². The molecule has 1 heterocycles. The van der Waals surface area contributed by atoms with Crippen LogP contribution in [-0.2, 0) is 16.1 Å². The van der Waals surface area contributed by atoms with Crippen LogP contribution in [0.5, 0.6) is 11.5 Å². The molecule has 0 aliphatic carbocycles. The van der Waals surface area contributed by atoms with Gasteiger partial charge in [-0.05, 0) is 38.5 Å². The lowest BCUT2D eigenvalue weighted by atomic mass is 10.2. The van der Waals surface area contributed by atoms with E-state index in [9.17, 15) is 9.59 Å². The number of fused-ring (bicyclic) bond motifs is 1. The zero-order chi connectivity index (χ0) is 15.5. The van der Waals surface area contributed by atoms with Gasteiger partial charge in [-0.3, -0.25) is 4.90 Å². The monoisotopic (exact) mass is 293 g/mol. The molecule has 0 unspecified atom stereocenters. The standard InChI is InChI=1S/C15H19NO5/c1-15(2,3)21-14(18)16(6-7-17)9-11-4-5-12-13(8-11)20-10-19-12/h4-5,7-8H,6,9-10H2,1-3H3. The number of aldehydes is 1. The first-order chi connectivity index (χ1) is 9.89. The lowest BCUT2D eigenvalue weighted by Gasteiger charge is -2.26. The van der Waals surface area contributed by atoms with Gasteiger partial charge in [0.25, 0.3) is 0 Å². The Bertz CT molecular complexity index is 535. The molecule has 0 spiro atoms. The fourth-order valence-corrected chi connectivity index (χ4v) is 1.88. The van der Waals surface area contributed by atoms with Crippen LogP contribution >= 0.6 is 0 Å². The van der Waals surface area contributed by atoms with E-state index in [0.717, 1.165) is 5.56 Å². The van der Waals surface area contributed by atoms with E-state index in [2.05, 4.69) is 0 Å². The van der Waals surface area contributed by atoms with Gasteiger partial charge in [0.1, 0.15) is 11.9 Å². The zero-order valence-electron chi connectivity index (χ0n) is 12.4. The highest BCUT2D eigenvalue weighted by Crippen LogP contribution is 2.32. The van der Waals surface area contributed by atoms with Crippen molar-refractivity contribution in [2.75, 3.05) is 13.3 Å². The SMILES string of the molecule is CC(C)(C)OC(=O)N(CC=O)Cc1ccc2c(c1)OCO2. The second-order valence-corrected chi connectivity index (χ2v) is 5.72. The van der Waals surface area contributed by atoms with Crippen LogP contribution in [0, 0.1) is 0 Å². The van der Waals surface area contributed by atoms with Gasteiger partial charge >= 0.3 is 6.09 Å². The van der Waals surface area contributed by atoms with Gasteiger partial charge in [0.15, 0.2) is 11.5 Å². The summed E-state index contributed by atoms with van der Waals surface area (Å²) in [7, 11) is 0. The van der Waals surface area contributed by atoms with Crippen LogP contribution in [0.2, 0.25) is 0 Å². The molecule has 0 saturated heterocycles. The summed E-state index contributed by atoms with van der Waals surface area (Å²) in [5.74, 6) is 1.32. The molecule has 0 radical (unpaired) electrons. The van der Waals surface area contributed by atoms with Gasteiger partial charge in [0, 0.05) is 6.54 Å². The Balaban J connectivity index is 2.09. The van der Waals surface area contributed by atoms with Crippen LogP contribution in [0.3, 0.4) is 0 Å². The van der Waals surface area contributed by atoms with Crippen molar-refractivity contribution in [3.8, 4) is 11.5 Å². The quantitative estimate of drug-likeness (QED) is 0.797. The van der Waals surface area contributed by atoms with Gasteiger partial charge in [-0.15, -0.1) is 0 Å². The summed E-state index contributed by atoms with van der Waals surface area (Å²) in [6.45, 7) is 5.79. The maximum Gasteiger partial charge on any atom is 0.410 e. The normalized spacial score (nSPS) is 12.9. The molecule has 1 aromatic rings. The van der Waals surface area contributed by atoms with Crippen LogP contribution < -0.4 is 9.47 Å². The van der Waals surface area contributed by atoms with E-state index < -0.39 is 11.7 Å². The second kappa shape index (κ2) is 6.03. The number of ether oxygens (including phenoxy) is 3. The third-order valence-corrected chi connectivity index (χ3v) is 2.76. The van der Waals surface area contributed by atoms with E-state index in [0.29, 0.717) is 17.8 Å². The molecule has 0 aromatic heterocycles. The fraction of sp³-hybridized carbons (Fsp3) is 0.467. The first kappa shape index (κ1) is 15.2. The Kier molecular flexibility index (Phi) is 4.35. The number of nitrogens with zero attached hydrogens (tertiary/aromatic N) is 1. The van der Waals surface area contributed by atoms with Gasteiger partial charge in [0.2, 0.25) is 6.79 Å². The topological polar surface area (TPSA) is 65.1 Å². The summed E-state index contributed by atoms with van der Waals surface area (Å²) in [6.07, 6.45) is 0.156. The molecule has 21 heavy (non-hydrogen) atoms. The number of benzene rings is 1. The van der Waals surface area contributed by atoms with Gasteiger partial charge in [-0.25, -0.2) is 4.79 Å². The maximum absolute atomic E-state index is 12.1. The lowest BCUT2D eigenvalue weighted by molar-refractivity contribution is -0.109. The Morgan fingerprint density at radius 2 is 2.05 bits per heavy atom. The number of hydrogen-bond acceptors (Lipinski definition) is 5. The highest BCUT2D eigenvalue weighted by molar-refractivity contribution is 5.71. The van der Waals surface area contributed by atoms with E-state index in [4.69, 9.17) is 14.2 Å². The average molecular weight is 293 g/mol. The average Bonchev–Trinajstić information content (AvgIpc) is 2.83. The Hall–Kier alpha value is -2.24. The van der Waals surface area contributed by atoms with E-state index in [-0.39, 0.29) is 19.9 Å². The first-order valence-corrected chi connectivity index (χ1v) is 6.69. The number of amides is 1. The molecular formula is C15H19NO5. The molecule has 114 valence electrons. The molecule has 1 aromatic carbocycles. The highest BCUT2D eigenvalue weighted by atomic mass is 16.7. The summed E-state index contributed by atoms with van der Waals surface area (Å²) >= 11 is 0. The van der Waals surface area contributed by atoms with Gasteiger partial charge in [-0.1, -0.05) is 6.07 Å². The summed E-state index contributed by atoms with van der Waals surface area (Å²) in [6, 6.07) is 5.41. The Morgan fingerprint density at radius 1 is 1.33 bits per heavy atom. The Labute approximate surface area is 123 Å². The van der Waals surface area contributed by atoms with Crippen LogP contribution in [0.25, 0.3) is 0 Å². The minimum absolute atomic E-state index is 0.0244. The smallest absolute Gasteiger partial charge is 0.410 e. The molecule has 1 amide bonds. The third-order valence-electron chi connectivity index (χ3n) is 2.76. The van der Waals surface area contributed by atoms with Crippen LogP contribution in [-0.4, -0.2) is 36.2 Å². The largest absolute Gasteiger partial charge is 0.454 e. The first-order valence-electron chi connectivity index (χ1n) is 6.69. The molecule has 1 aliphatic rings. The predicted molar refractivity (Wildman–Crippen MR) is 75.3 cm³/mol. The molecule has 1 aliphatic heterocycles. The van der Waals surface area contributed by atoms with Crippen molar-refractivity contribution in [2.24, 2.45) is 0 Å². The van der Waals surface area contributed by atoms with Gasteiger partial charge in [0.05, 0.1) is 6.54 Å². The fourth-order valence-electron chi connectivity index (χ4n) is 1.88. The van der Waals surface area contributed by atoms with Crippen molar-refractivity contribution < 1.29 is 23.8 Å². The van der Waals surface area contributed by atoms with Crippen LogP contribution in [0.1, 0.15) is 26.3 Å². The lowest BCUT2D eigenvalue weighted by Crippen LogP contribution is -2.37. The summed E-state index contributed by atoms with van der Waals surface area (Å²) in [4.78, 5) is 24.2. The molecule has 0 N–H and O–H groups in total. The molecular weight excluding hydrogens is 274 g/mol. The molecule has 2 rings (SSSR count). The number of rotatable bonds is 4. The molecule has 0 saturated carbocycles. The van der Waals surface area contributed by atoms with E-state index in [1.54, 1.807) is 32.9 Å². The summed E-state index contributed by atoms with van der Waals surface area (Å²) in [5, 5.41) is 0. The third kappa shape index (κ3) is 4.11. The predicted octanol–water partition coefficient (Wildman–Crippen LogP) is 2.35. The molecule has 0 atom stereocenters. The number of carbonyl (C=O) groups excluding carboxylic acids is 2. The minimum atomic E-state index is -0.604. The summed E-state index contributed by atoms with van der Waals surface area (Å²) < 4.78 is 15.8. The van der Waals surface area contributed by atoms with Gasteiger partial charge < -0.3 is 19.0 Å². The molecule has 6 nitrogen and oxygen atoms in total. The number of carbonyl (C=O) groups is 2. The number of hydrogen-bond donors (Lipinski definition) is 0. The van der Waals surface area contributed by atoms with Crippen molar-refractivity contribution in [1.82, 2.24) is 4.90 Å². The van der Waals surface area contributed by atoms with Crippen LogP contribution in [0.15, 0.2) is 18.2 Å². The van der Waals surface area contributed by atoms with Crippen molar-refractivity contribution in [3.63, 3.8) is 0 Å². The van der Waals surface area contributed by atoms with E-state index >= 15 is 0 Å². The van der Waals surface area contributed by atoms with Crippen molar-refractivity contribution in [1.29, 1.82) is 0 Å². The molecule has 0 fully saturated rings. The van der Waals surface area contributed by atoms with Crippen molar-refractivity contribution >= 4 is 12.4 Å². The van der Waals surface area contributed by atoms with E-state index in [1.165, 1.54) is 4.90 Å². The molecule has 6 heteroatoms. The zero-order valence-corrected chi connectivity index (χ0v) is 12.4. The highest BCUT2D eigenvalue weighted by Gasteiger charge is 2.23. The van der Waals surface area contributed by atoms with Crippen molar-refractivity contribution in [2.45, 2.75) is 32.9 Å².